The average Bonchev–Trinajstić information content (AvgIpc) is 2.80. The summed E-state index contributed by atoms with van der Waals surface area (Å²) in [7, 11) is 0. The van der Waals surface area contributed by atoms with Crippen molar-refractivity contribution >= 4 is 28.4 Å². The fraction of sp³-hybridized carbons (Fsp3) is 0.125. The van der Waals surface area contributed by atoms with Gasteiger partial charge in [-0.2, -0.15) is 0 Å². The Morgan fingerprint density at radius 2 is 1.84 bits per heavy atom. The number of para-hydroxylation sites is 1. The molecule has 7 heteroatoms. The van der Waals surface area contributed by atoms with E-state index in [1.54, 1.807) is 47.2 Å². The highest BCUT2D eigenvalue weighted by molar-refractivity contribution is 6.31. The third-order valence-corrected chi connectivity index (χ3v) is 5.03. The third kappa shape index (κ3) is 4.92. The smallest absolute Gasteiger partial charge is 0.270 e. The summed E-state index contributed by atoms with van der Waals surface area (Å²) in [6.07, 6.45) is 1.55. The summed E-state index contributed by atoms with van der Waals surface area (Å²) in [5.41, 5.74) is 1.28. The molecule has 0 unspecified atom stereocenters. The quantitative estimate of drug-likeness (QED) is 0.477. The zero-order valence-electron chi connectivity index (χ0n) is 16.6. The molecule has 6 nitrogen and oxygen atoms in total. The molecule has 0 radical (unpaired) electrons. The summed E-state index contributed by atoms with van der Waals surface area (Å²) < 4.78 is 7.40. The molecule has 1 amide bonds. The molecular formula is C24H20ClN3O3. The van der Waals surface area contributed by atoms with E-state index in [1.807, 2.05) is 36.4 Å². The lowest BCUT2D eigenvalue weighted by atomic mass is 10.1. The number of carbonyl (C=O) groups is 1. The molecule has 4 aromatic rings. The molecule has 2 aromatic carbocycles. The van der Waals surface area contributed by atoms with Crippen LogP contribution >= 0.6 is 11.6 Å². The van der Waals surface area contributed by atoms with Gasteiger partial charge in [-0.1, -0.05) is 41.9 Å². The summed E-state index contributed by atoms with van der Waals surface area (Å²) in [6.45, 7) is 0.744. The second-order valence-corrected chi connectivity index (χ2v) is 7.33. The predicted molar refractivity (Wildman–Crippen MR) is 121 cm³/mol. The molecule has 0 saturated carbocycles. The Morgan fingerprint density at radius 1 is 1.03 bits per heavy atom. The Hall–Kier alpha value is -3.64. The fourth-order valence-electron chi connectivity index (χ4n) is 3.29. The fourth-order valence-corrected chi connectivity index (χ4v) is 3.45. The zero-order chi connectivity index (χ0) is 21.6. The first-order valence-electron chi connectivity index (χ1n) is 9.81. The van der Waals surface area contributed by atoms with E-state index in [1.165, 1.54) is 0 Å². The van der Waals surface area contributed by atoms with Crippen LogP contribution in [0.25, 0.3) is 10.9 Å². The van der Waals surface area contributed by atoms with E-state index in [0.717, 1.165) is 11.1 Å². The van der Waals surface area contributed by atoms with Crippen molar-refractivity contribution in [2.24, 2.45) is 0 Å². The lowest BCUT2D eigenvalue weighted by molar-refractivity contribution is 0.0945. The van der Waals surface area contributed by atoms with Crippen LogP contribution in [-0.2, 0) is 13.1 Å². The van der Waals surface area contributed by atoms with Gasteiger partial charge < -0.3 is 14.6 Å². The summed E-state index contributed by atoms with van der Waals surface area (Å²) in [6, 6.07) is 21.7. The molecule has 0 aliphatic carbocycles. The van der Waals surface area contributed by atoms with Gasteiger partial charge in [0.15, 0.2) is 0 Å². The van der Waals surface area contributed by atoms with Crippen molar-refractivity contribution in [3.8, 4) is 5.75 Å². The molecule has 0 atom stereocenters. The number of aromatic nitrogens is 2. The lowest BCUT2D eigenvalue weighted by Gasteiger charge is -2.14. The molecule has 0 aliphatic heterocycles. The average molecular weight is 434 g/mol. The van der Waals surface area contributed by atoms with Crippen LogP contribution in [-0.4, -0.2) is 22.1 Å². The van der Waals surface area contributed by atoms with Crippen LogP contribution in [0.1, 0.15) is 16.1 Å². The highest BCUT2D eigenvalue weighted by Crippen LogP contribution is 2.19. The number of carbonyl (C=O) groups excluding carboxylic acids is 1. The van der Waals surface area contributed by atoms with Crippen molar-refractivity contribution in [1.82, 2.24) is 14.9 Å². The van der Waals surface area contributed by atoms with Crippen LogP contribution in [0.3, 0.4) is 0 Å². The standard InChI is InChI=1S/C24H20ClN3O3/c25-19-10-9-17-14-18(16-27-23(29)21-8-4-5-11-26-21)24(30)28(22(17)15-19)12-13-31-20-6-2-1-3-7-20/h1-11,14-15H,12-13,16H2,(H,27,29). The van der Waals surface area contributed by atoms with Crippen LogP contribution in [0.2, 0.25) is 5.02 Å². The number of benzene rings is 2. The molecule has 4 rings (SSSR count). The van der Waals surface area contributed by atoms with E-state index >= 15 is 0 Å². The van der Waals surface area contributed by atoms with E-state index in [4.69, 9.17) is 16.3 Å². The third-order valence-electron chi connectivity index (χ3n) is 4.80. The second-order valence-electron chi connectivity index (χ2n) is 6.89. The maximum Gasteiger partial charge on any atom is 0.270 e. The Morgan fingerprint density at radius 3 is 2.61 bits per heavy atom. The first kappa shape index (κ1) is 20.6. The number of pyridine rings is 2. The van der Waals surface area contributed by atoms with E-state index in [9.17, 15) is 9.59 Å². The first-order valence-corrected chi connectivity index (χ1v) is 10.2. The maximum atomic E-state index is 13.2. The Kier molecular flexibility index (Phi) is 6.29. The SMILES string of the molecule is O=C(NCc1cc2ccc(Cl)cc2n(CCOc2ccccc2)c1=O)c1ccccn1. The summed E-state index contributed by atoms with van der Waals surface area (Å²) in [4.78, 5) is 29.5. The number of nitrogens with one attached hydrogen (secondary N) is 1. The van der Waals surface area contributed by atoms with Gasteiger partial charge in [-0.25, -0.2) is 0 Å². The minimum Gasteiger partial charge on any atom is -0.492 e. The van der Waals surface area contributed by atoms with Gasteiger partial charge in [0.25, 0.3) is 11.5 Å². The summed E-state index contributed by atoms with van der Waals surface area (Å²) in [5, 5.41) is 4.16. The number of hydrogen-bond donors (Lipinski definition) is 1. The first-order chi connectivity index (χ1) is 15.1. The van der Waals surface area contributed by atoms with Crippen molar-refractivity contribution in [3.05, 3.63) is 106 Å². The molecule has 1 N–H and O–H groups in total. The van der Waals surface area contributed by atoms with Crippen molar-refractivity contribution in [2.45, 2.75) is 13.1 Å². The monoisotopic (exact) mass is 433 g/mol. The molecule has 2 aromatic heterocycles. The molecule has 0 saturated heterocycles. The predicted octanol–water partition coefficient (Wildman–Crippen LogP) is 4.06. The number of halogens is 1. The van der Waals surface area contributed by atoms with E-state index in [-0.39, 0.29) is 18.0 Å². The van der Waals surface area contributed by atoms with Gasteiger partial charge in [0, 0.05) is 23.3 Å². The number of hydrogen-bond acceptors (Lipinski definition) is 4. The van der Waals surface area contributed by atoms with Gasteiger partial charge in [-0.05, 0) is 47.9 Å². The lowest BCUT2D eigenvalue weighted by Crippen LogP contribution is -2.31. The highest BCUT2D eigenvalue weighted by atomic mass is 35.5. The van der Waals surface area contributed by atoms with Gasteiger partial charge in [-0.15, -0.1) is 0 Å². The number of amides is 1. The van der Waals surface area contributed by atoms with Crippen LogP contribution in [0.5, 0.6) is 5.75 Å². The summed E-state index contributed by atoms with van der Waals surface area (Å²) in [5.74, 6) is 0.395. The van der Waals surface area contributed by atoms with Gasteiger partial charge in [-0.3, -0.25) is 14.6 Å². The molecule has 0 fully saturated rings. The molecule has 0 aliphatic rings. The van der Waals surface area contributed by atoms with Gasteiger partial charge in [0.2, 0.25) is 0 Å². The summed E-state index contributed by atoms with van der Waals surface area (Å²) >= 11 is 6.17. The molecule has 2 heterocycles. The largest absolute Gasteiger partial charge is 0.492 e. The molecular weight excluding hydrogens is 414 g/mol. The van der Waals surface area contributed by atoms with Crippen molar-refractivity contribution in [3.63, 3.8) is 0 Å². The van der Waals surface area contributed by atoms with Crippen LogP contribution in [0, 0.1) is 0 Å². The number of nitrogens with zero attached hydrogens (tertiary/aromatic N) is 2. The second kappa shape index (κ2) is 9.45. The Bertz CT molecular complexity index is 1260. The van der Waals surface area contributed by atoms with Gasteiger partial charge in [0.05, 0.1) is 12.1 Å². The highest BCUT2D eigenvalue weighted by Gasteiger charge is 2.12. The molecule has 0 bridgehead atoms. The Balaban J connectivity index is 1.59. The van der Waals surface area contributed by atoms with Crippen molar-refractivity contribution in [2.75, 3.05) is 6.61 Å². The number of fused-ring (bicyclic) bond motifs is 1. The minimum absolute atomic E-state index is 0.0896. The van der Waals surface area contributed by atoms with E-state index in [2.05, 4.69) is 10.3 Å². The van der Waals surface area contributed by atoms with Gasteiger partial charge >= 0.3 is 0 Å². The van der Waals surface area contributed by atoms with Gasteiger partial charge in [0.1, 0.15) is 18.1 Å². The normalized spacial score (nSPS) is 10.7. The van der Waals surface area contributed by atoms with E-state index in [0.29, 0.717) is 34.9 Å². The Labute approximate surface area is 184 Å². The minimum atomic E-state index is -0.338. The van der Waals surface area contributed by atoms with Crippen molar-refractivity contribution in [1.29, 1.82) is 0 Å². The molecule has 31 heavy (non-hydrogen) atoms. The van der Waals surface area contributed by atoms with E-state index < -0.39 is 0 Å². The molecule has 0 spiro atoms. The maximum absolute atomic E-state index is 13.2. The van der Waals surface area contributed by atoms with Crippen molar-refractivity contribution < 1.29 is 9.53 Å². The molecule has 156 valence electrons. The van der Waals surface area contributed by atoms with Crippen LogP contribution < -0.4 is 15.6 Å². The van der Waals surface area contributed by atoms with Crippen LogP contribution in [0.4, 0.5) is 0 Å². The topological polar surface area (TPSA) is 73.2 Å². The number of rotatable bonds is 7. The zero-order valence-corrected chi connectivity index (χ0v) is 17.4. The van der Waals surface area contributed by atoms with Crippen LogP contribution in [0.15, 0.2) is 83.8 Å². The number of ether oxygens (including phenoxy) is 1.